The van der Waals surface area contributed by atoms with Crippen LogP contribution in [0.25, 0.3) is 5.57 Å². The normalized spacial score (nSPS) is 14.2. The Labute approximate surface area is 179 Å². The van der Waals surface area contributed by atoms with Crippen molar-refractivity contribution < 1.29 is 31.9 Å². The number of carbonyl (C=O) groups is 2. The number of nitrogens with zero attached hydrogens (tertiary/aromatic N) is 1. The van der Waals surface area contributed by atoms with Crippen LogP contribution in [0.4, 0.5) is 28.9 Å². The molecule has 0 saturated carbocycles. The third-order valence-corrected chi connectivity index (χ3v) is 4.57. The predicted octanol–water partition coefficient (Wildman–Crippen LogP) is 5.12. The summed E-state index contributed by atoms with van der Waals surface area (Å²) in [6, 6.07) is 18.1. The van der Waals surface area contributed by atoms with Crippen LogP contribution in [-0.2, 0) is 9.59 Å². The number of anilines is 2. The quantitative estimate of drug-likeness (QED) is 0.440. The molecule has 0 fully saturated rings. The predicted molar refractivity (Wildman–Crippen MR) is 109 cm³/mol. The molecular formula is C23H14F4N2O3. The molecule has 2 amide bonds. The van der Waals surface area contributed by atoms with Gasteiger partial charge in [0.15, 0.2) is 0 Å². The minimum absolute atomic E-state index is 0.0297. The molecule has 162 valence electrons. The molecule has 32 heavy (non-hydrogen) atoms. The summed E-state index contributed by atoms with van der Waals surface area (Å²) >= 11 is 0. The van der Waals surface area contributed by atoms with Crippen molar-refractivity contribution in [2.75, 3.05) is 10.2 Å². The zero-order valence-electron chi connectivity index (χ0n) is 16.2. The maximum Gasteiger partial charge on any atom is 0.573 e. The molecule has 0 unspecified atom stereocenters. The van der Waals surface area contributed by atoms with E-state index in [-0.39, 0.29) is 17.0 Å². The fourth-order valence-electron chi connectivity index (χ4n) is 3.25. The van der Waals surface area contributed by atoms with Crippen LogP contribution in [0.2, 0.25) is 0 Å². The Kier molecular flexibility index (Phi) is 5.40. The number of rotatable bonds is 5. The highest BCUT2D eigenvalue weighted by Gasteiger charge is 2.40. The smallest absolute Gasteiger partial charge is 0.406 e. The highest BCUT2D eigenvalue weighted by molar-refractivity contribution is 6.46. The van der Waals surface area contributed by atoms with Gasteiger partial charge in [0.2, 0.25) is 0 Å². The summed E-state index contributed by atoms with van der Waals surface area (Å²) in [5.74, 6) is -2.56. The van der Waals surface area contributed by atoms with Crippen LogP contribution in [-0.4, -0.2) is 18.2 Å². The van der Waals surface area contributed by atoms with Crippen LogP contribution in [0.5, 0.6) is 5.75 Å². The number of ether oxygens (including phenoxy) is 1. The fourth-order valence-corrected chi connectivity index (χ4v) is 3.25. The van der Waals surface area contributed by atoms with Crippen LogP contribution >= 0.6 is 0 Å². The average Bonchev–Trinajstić information content (AvgIpc) is 2.99. The largest absolute Gasteiger partial charge is 0.573 e. The highest BCUT2D eigenvalue weighted by atomic mass is 19.4. The van der Waals surface area contributed by atoms with E-state index in [0.717, 1.165) is 17.0 Å². The van der Waals surface area contributed by atoms with Gasteiger partial charge in [-0.15, -0.1) is 13.2 Å². The Morgan fingerprint density at radius 2 is 1.50 bits per heavy atom. The number of hydrogen-bond acceptors (Lipinski definition) is 4. The van der Waals surface area contributed by atoms with Crippen LogP contribution in [0.1, 0.15) is 5.56 Å². The van der Waals surface area contributed by atoms with E-state index in [0.29, 0.717) is 11.3 Å². The maximum absolute atomic E-state index is 13.3. The van der Waals surface area contributed by atoms with E-state index in [1.165, 1.54) is 36.4 Å². The summed E-state index contributed by atoms with van der Waals surface area (Å²) in [6.07, 6.45) is -4.93. The summed E-state index contributed by atoms with van der Waals surface area (Å²) in [5.41, 5.74) is 0.635. The molecule has 0 aromatic heterocycles. The second kappa shape index (κ2) is 8.18. The number of hydrogen-bond donors (Lipinski definition) is 1. The lowest BCUT2D eigenvalue weighted by molar-refractivity contribution is -0.274. The number of imide groups is 1. The first-order chi connectivity index (χ1) is 15.2. The van der Waals surface area contributed by atoms with Crippen molar-refractivity contribution in [2.24, 2.45) is 0 Å². The van der Waals surface area contributed by atoms with E-state index < -0.39 is 29.7 Å². The first-order valence-corrected chi connectivity index (χ1v) is 9.30. The molecule has 5 nitrogen and oxygen atoms in total. The highest BCUT2D eigenvalue weighted by Crippen LogP contribution is 2.35. The molecule has 0 aliphatic carbocycles. The van der Waals surface area contributed by atoms with Crippen molar-refractivity contribution in [2.45, 2.75) is 6.36 Å². The minimum Gasteiger partial charge on any atom is -0.406 e. The molecule has 3 aromatic carbocycles. The Bertz CT molecular complexity index is 1210. The summed E-state index contributed by atoms with van der Waals surface area (Å²) in [4.78, 5) is 27.2. The van der Waals surface area contributed by atoms with Gasteiger partial charge in [0.25, 0.3) is 11.8 Å². The van der Waals surface area contributed by atoms with Gasteiger partial charge in [0.1, 0.15) is 17.3 Å². The zero-order valence-corrected chi connectivity index (χ0v) is 16.2. The van der Waals surface area contributed by atoms with Gasteiger partial charge in [-0.05, 0) is 42.0 Å². The molecule has 0 saturated heterocycles. The van der Waals surface area contributed by atoms with E-state index >= 15 is 0 Å². The Balaban J connectivity index is 1.76. The van der Waals surface area contributed by atoms with Crippen molar-refractivity contribution in [3.63, 3.8) is 0 Å². The molecule has 0 spiro atoms. The lowest BCUT2D eigenvalue weighted by atomic mass is 10.0. The van der Waals surface area contributed by atoms with Gasteiger partial charge < -0.3 is 10.1 Å². The molecule has 0 atom stereocenters. The first kappa shape index (κ1) is 21.1. The molecule has 1 N–H and O–H groups in total. The number of nitrogens with one attached hydrogen (secondary N) is 1. The number of halogens is 4. The molecule has 0 bridgehead atoms. The maximum atomic E-state index is 13.3. The minimum atomic E-state index is -4.93. The monoisotopic (exact) mass is 442 g/mol. The van der Waals surface area contributed by atoms with Gasteiger partial charge in [-0.3, -0.25) is 9.59 Å². The third-order valence-electron chi connectivity index (χ3n) is 4.57. The van der Waals surface area contributed by atoms with Crippen LogP contribution < -0.4 is 15.0 Å². The molecular weight excluding hydrogens is 428 g/mol. The zero-order chi connectivity index (χ0) is 22.9. The molecule has 1 aliphatic rings. The third kappa shape index (κ3) is 4.31. The number of carbonyl (C=O) groups excluding carboxylic acids is 2. The van der Waals surface area contributed by atoms with Crippen LogP contribution in [0.3, 0.4) is 0 Å². The van der Waals surface area contributed by atoms with Crippen molar-refractivity contribution >= 4 is 28.8 Å². The molecule has 1 heterocycles. The first-order valence-electron chi connectivity index (χ1n) is 9.30. The average molecular weight is 442 g/mol. The van der Waals surface area contributed by atoms with Gasteiger partial charge >= 0.3 is 6.36 Å². The van der Waals surface area contributed by atoms with Crippen LogP contribution in [0.15, 0.2) is 84.6 Å². The lowest BCUT2D eigenvalue weighted by Crippen LogP contribution is -2.32. The van der Waals surface area contributed by atoms with Crippen molar-refractivity contribution in [3.8, 4) is 5.75 Å². The van der Waals surface area contributed by atoms with Crippen LogP contribution in [0, 0.1) is 5.82 Å². The van der Waals surface area contributed by atoms with E-state index in [2.05, 4.69) is 10.1 Å². The van der Waals surface area contributed by atoms with E-state index in [1.807, 2.05) is 0 Å². The van der Waals surface area contributed by atoms with Gasteiger partial charge in [0.05, 0.1) is 11.3 Å². The lowest BCUT2D eigenvalue weighted by Gasteiger charge is -2.17. The molecule has 1 aliphatic heterocycles. The standard InChI is InChI=1S/C23H14F4N2O3/c24-15-9-11-16(12-10-15)28-20-19(14-5-2-1-3-6-14)21(30)29(22(20)31)17-7-4-8-18(13-17)32-23(25,26)27/h1-13,28H. The molecule has 4 rings (SSSR count). The van der Waals surface area contributed by atoms with Crippen molar-refractivity contribution in [1.29, 1.82) is 0 Å². The van der Waals surface area contributed by atoms with Gasteiger partial charge in [0, 0.05) is 11.8 Å². The molecule has 3 aromatic rings. The number of benzene rings is 3. The summed E-state index contributed by atoms with van der Waals surface area (Å²) in [5, 5.41) is 2.84. The molecule has 9 heteroatoms. The molecule has 0 radical (unpaired) electrons. The second-order valence-electron chi connectivity index (χ2n) is 6.74. The van der Waals surface area contributed by atoms with E-state index in [1.54, 1.807) is 30.3 Å². The fraction of sp³-hybridized carbons (Fsp3) is 0.0435. The van der Waals surface area contributed by atoms with Gasteiger partial charge in [-0.2, -0.15) is 0 Å². The summed E-state index contributed by atoms with van der Waals surface area (Å²) < 4.78 is 55.0. The topological polar surface area (TPSA) is 58.6 Å². The second-order valence-corrected chi connectivity index (χ2v) is 6.74. The summed E-state index contributed by atoms with van der Waals surface area (Å²) in [7, 11) is 0. The van der Waals surface area contributed by atoms with Gasteiger partial charge in [-0.1, -0.05) is 36.4 Å². The number of amides is 2. The van der Waals surface area contributed by atoms with E-state index in [4.69, 9.17) is 0 Å². The summed E-state index contributed by atoms with van der Waals surface area (Å²) in [6.45, 7) is 0. The van der Waals surface area contributed by atoms with Crippen molar-refractivity contribution in [1.82, 2.24) is 0 Å². The van der Waals surface area contributed by atoms with E-state index in [9.17, 15) is 27.2 Å². The Morgan fingerprint density at radius 3 is 2.16 bits per heavy atom. The Morgan fingerprint density at radius 1 is 0.812 bits per heavy atom. The van der Waals surface area contributed by atoms with Crippen molar-refractivity contribution in [3.05, 3.63) is 95.9 Å². The van der Waals surface area contributed by atoms with Gasteiger partial charge in [-0.25, -0.2) is 9.29 Å². The number of alkyl halides is 3. The Hall–Kier alpha value is -4.14. The SMILES string of the molecule is O=C1C(Nc2ccc(F)cc2)=C(c2ccccc2)C(=O)N1c1cccc(OC(F)(F)F)c1.